The highest BCUT2D eigenvalue weighted by Gasteiger charge is 2.20. The SMILES string of the molecule is CNC1CCN(C(=O)/C=C/c2cc(Cl)c(OC)c(OC)c2)CC1. The number of hydrogen-bond acceptors (Lipinski definition) is 4. The van der Waals surface area contributed by atoms with Crippen molar-refractivity contribution in [3.05, 3.63) is 28.8 Å². The maximum atomic E-state index is 12.3. The number of amides is 1. The van der Waals surface area contributed by atoms with E-state index < -0.39 is 0 Å². The van der Waals surface area contributed by atoms with Crippen molar-refractivity contribution in [2.75, 3.05) is 34.4 Å². The number of hydrogen-bond donors (Lipinski definition) is 1. The zero-order valence-electron chi connectivity index (χ0n) is 13.8. The molecule has 0 aromatic heterocycles. The van der Waals surface area contributed by atoms with Gasteiger partial charge in [0.1, 0.15) is 0 Å². The lowest BCUT2D eigenvalue weighted by Gasteiger charge is -2.31. The molecule has 1 aromatic rings. The summed E-state index contributed by atoms with van der Waals surface area (Å²) in [4.78, 5) is 14.1. The van der Waals surface area contributed by atoms with Gasteiger partial charge in [-0.15, -0.1) is 0 Å². The minimum atomic E-state index is 0.0189. The first kappa shape index (κ1) is 17.6. The first-order valence-electron chi connectivity index (χ1n) is 7.64. The number of benzene rings is 1. The summed E-state index contributed by atoms with van der Waals surface area (Å²) >= 11 is 6.17. The Hall–Kier alpha value is -1.72. The molecule has 1 fully saturated rings. The quantitative estimate of drug-likeness (QED) is 0.838. The van der Waals surface area contributed by atoms with Crippen LogP contribution < -0.4 is 14.8 Å². The predicted molar refractivity (Wildman–Crippen MR) is 92.3 cm³/mol. The lowest BCUT2D eigenvalue weighted by molar-refractivity contribution is -0.127. The summed E-state index contributed by atoms with van der Waals surface area (Å²) in [5.74, 6) is 1.05. The van der Waals surface area contributed by atoms with Gasteiger partial charge in [-0.25, -0.2) is 0 Å². The van der Waals surface area contributed by atoms with E-state index in [0.29, 0.717) is 22.6 Å². The summed E-state index contributed by atoms with van der Waals surface area (Å²) in [5.41, 5.74) is 0.797. The maximum absolute atomic E-state index is 12.3. The van der Waals surface area contributed by atoms with Crippen LogP contribution >= 0.6 is 11.6 Å². The highest BCUT2D eigenvalue weighted by Crippen LogP contribution is 2.36. The van der Waals surface area contributed by atoms with Crippen LogP contribution in [0, 0.1) is 0 Å². The lowest BCUT2D eigenvalue weighted by atomic mass is 10.1. The van der Waals surface area contributed by atoms with Gasteiger partial charge in [-0.3, -0.25) is 4.79 Å². The number of carbonyl (C=O) groups excluding carboxylic acids is 1. The van der Waals surface area contributed by atoms with Crippen molar-refractivity contribution < 1.29 is 14.3 Å². The van der Waals surface area contributed by atoms with E-state index in [0.717, 1.165) is 31.5 Å². The molecular weight excluding hydrogens is 316 g/mol. The van der Waals surface area contributed by atoms with Crippen molar-refractivity contribution in [2.24, 2.45) is 0 Å². The Balaban J connectivity index is 2.05. The summed E-state index contributed by atoms with van der Waals surface area (Å²) in [6, 6.07) is 4.05. The summed E-state index contributed by atoms with van der Waals surface area (Å²) in [6.07, 6.45) is 5.30. The standard InChI is InChI=1S/C17H23ClN2O3/c1-19-13-6-8-20(9-7-13)16(21)5-4-12-10-14(18)17(23-3)15(11-12)22-2/h4-5,10-11,13,19H,6-9H2,1-3H3/b5-4+. The molecule has 6 heteroatoms. The number of likely N-dealkylation sites (tertiary alicyclic amines) is 1. The Labute approximate surface area is 142 Å². The fourth-order valence-electron chi connectivity index (χ4n) is 2.70. The molecule has 0 bridgehead atoms. The van der Waals surface area contributed by atoms with Crippen LogP contribution in [0.4, 0.5) is 0 Å². The van der Waals surface area contributed by atoms with Gasteiger partial charge in [0.2, 0.25) is 5.91 Å². The smallest absolute Gasteiger partial charge is 0.246 e. The molecule has 2 rings (SSSR count). The summed E-state index contributed by atoms with van der Waals surface area (Å²) in [5, 5.41) is 3.71. The molecule has 0 atom stereocenters. The number of ether oxygens (including phenoxy) is 2. The summed E-state index contributed by atoms with van der Waals surface area (Å²) in [7, 11) is 5.05. The average molecular weight is 339 g/mol. The fourth-order valence-corrected chi connectivity index (χ4v) is 2.99. The number of methoxy groups -OCH3 is 2. The highest BCUT2D eigenvalue weighted by molar-refractivity contribution is 6.32. The van der Waals surface area contributed by atoms with Gasteiger partial charge < -0.3 is 19.7 Å². The molecule has 0 unspecified atom stereocenters. The van der Waals surface area contributed by atoms with Crippen LogP contribution in [-0.2, 0) is 4.79 Å². The molecule has 126 valence electrons. The van der Waals surface area contributed by atoms with E-state index in [9.17, 15) is 4.79 Å². The number of rotatable bonds is 5. The van der Waals surface area contributed by atoms with E-state index in [2.05, 4.69) is 5.32 Å². The Morgan fingerprint density at radius 1 is 1.30 bits per heavy atom. The number of carbonyl (C=O) groups is 1. The zero-order chi connectivity index (χ0) is 16.8. The van der Waals surface area contributed by atoms with E-state index >= 15 is 0 Å². The normalized spacial score (nSPS) is 15.9. The third-order valence-corrected chi connectivity index (χ3v) is 4.37. The van der Waals surface area contributed by atoms with E-state index in [1.165, 1.54) is 7.11 Å². The van der Waals surface area contributed by atoms with Gasteiger partial charge in [-0.05, 0) is 43.7 Å². The van der Waals surface area contributed by atoms with Crippen molar-refractivity contribution in [3.63, 3.8) is 0 Å². The first-order valence-corrected chi connectivity index (χ1v) is 8.02. The van der Waals surface area contributed by atoms with Crippen molar-refractivity contribution in [2.45, 2.75) is 18.9 Å². The lowest BCUT2D eigenvalue weighted by Crippen LogP contribution is -2.43. The topological polar surface area (TPSA) is 50.8 Å². The molecule has 1 N–H and O–H groups in total. The fraction of sp³-hybridized carbons (Fsp3) is 0.471. The number of nitrogens with zero attached hydrogens (tertiary/aromatic N) is 1. The highest BCUT2D eigenvalue weighted by atomic mass is 35.5. The van der Waals surface area contributed by atoms with Crippen LogP contribution in [0.5, 0.6) is 11.5 Å². The molecule has 1 amide bonds. The molecule has 1 aliphatic heterocycles. The number of halogens is 1. The Kier molecular flexibility index (Phi) is 6.30. The van der Waals surface area contributed by atoms with Crippen LogP contribution in [0.15, 0.2) is 18.2 Å². The monoisotopic (exact) mass is 338 g/mol. The summed E-state index contributed by atoms with van der Waals surface area (Å²) < 4.78 is 10.5. The molecule has 1 aromatic carbocycles. The maximum Gasteiger partial charge on any atom is 0.246 e. The number of piperidine rings is 1. The molecule has 1 heterocycles. The molecule has 23 heavy (non-hydrogen) atoms. The van der Waals surface area contributed by atoms with Gasteiger partial charge in [0, 0.05) is 25.2 Å². The zero-order valence-corrected chi connectivity index (χ0v) is 14.5. The van der Waals surface area contributed by atoms with E-state index in [1.807, 2.05) is 11.9 Å². The van der Waals surface area contributed by atoms with Crippen molar-refractivity contribution in [1.29, 1.82) is 0 Å². The van der Waals surface area contributed by atoms with Gasteiger partial charge >= 0.3 is 0 Å². The molecule has 1 saturated heterocycles. The third kappa shape index (κ3) is 4.39. The molecular formula is C17H23ClN2O3. The Morgan fingerprint density at radius 2 is 2.00 bits per heavy atom. The molecule has 5 nitrogen and oxygen atoms in total. The number of nitrogens with one attached hydrogen (secondary N) is 1. The Morgan fingerprint density at radius 3 is 2.57 bits per heavy atom. The minimum absolute atomic E-state index is 0.0189. The van der Waals surface area contributed by atoms with Gasteiger partial charge in [0.05, 0.1) is 19.2 Å². The predicted octanol–water partition coefficient (Wildman–Crippen LogP) is 2.58. The van der Waals surface area contributed by atoms with E-state index in [-0.39, 0.29) is 5.91 Å². The van der Waals surface area contributed by atoms with Gasteiger partial charge in [-0.2, -0.15) is 0 Å². The molecule has 1 aliphatic rings. The molecule has 0 saturated carbocycles. The second-order valence-electron chi connectivity index (χ2n) is 5.46. The van der Waals surface area contributed by atoms with Crippen molar-refractivity contribution in [1.82, 2.24) is 10.2 Å². The van der Waals surface area contributed by atoms with Crippen molar-refractivity contribution >= 4 is 23.6 Å². The minimum Gasteiger partial charge on any atom is -0.493 e. The summed E-state index contributed by atoms with van der Waals surface area (Å²) in [6.45, 7) is 1.56. The average Bonchev–Trinajstić information content (AvgIpc) is 2.59. The van der Waals surface area contributed by atoms with Gasteiger partial charge in [0.15, 0.2) is 11.5 Å². The Bertz CT molecular complexity index is 581. The van der Waals surface area contributed by atoms with E-state index in [4.69, 9.17) is 21.1 Å². The van der Waals surface area contributed by atoms with Gasteiger partial charge in [0.25, 0.3) is 0 Å². The van der Waals surface area contributed by atoms with Crippen LogP contribution in [0.25, 0.3) is 6.08 Å². The molecule has 0 spiro atoms. The second kappa shape index (κ2) is 8.22. The van der Waals surface area contributed by atoms with Crippen LogP contribution in [0.1, 0.15) is 18.4 Å². The largest absolute Gasteiger partial charge is 0.493 e. The first-order chi connectivity index (χ1) is 11.1. The third-order valence-electron chi connectivity index (χ3n) is 4.09. The van der Waals surface area contributed by atoms with E-state index in [1.54, 1.807) is 31.4 Å². The second-order valence-corrected chi connectivity index (χ2v) is 5.87. The molecule has 0 radical (unpaired) electrons. The van der Waals surface area contributed by atoms with Crippen molar-refractivity contribution in [3.8, 4) is 11.5 Å². The molecule has 0 aliphatic carbocycles. The van der Waals surface area contributed by atoms with Crippen LogP contribution in [0.3, 0.4) is 0 Å². The van der Waals surface area contributed by atoms with Crippen LogP contribution in [0.2, 0.25) is 5.02 Å². The van der Waals surface area contributed by atoms with Gasteiger partial charge in [-0.1, -0.05) is 11.6 Å². The van der Waals surface area contributed by atoms with Crippen LogP contribution in [-0.4, -0.2) is 51.2 Å².